The largest absolute Gasteiger partial charge is 0.396 e. The van der Waals surface area contributed by atoms with Crippen LogP contribution in [0.5, 0.6) is 0 Å². The maximum absolute atomic E-state index is 11.9. The molecule has 0 aliphatic heterocycles. The number of aliphatic hydroxyl groups is 1. The van der Waals surface area contributed by atoms with Gasteiger partial charge in [-0.3, -0.25) is 4.79 Å². The van der Waals surface area contributed by atoms with Crippen LogP contribution in [0.15, 0.2) is 0 Å². The number of carbonyl (C=O) groups is 1. The second-order valence-electron chi connectivity index (χ2n) is 4.53. The summed E-state index contributed by atoms with van der Waals surface area (Å²) in [5.74, 6) is 0.227. The molecular formula is C14H30N2O2. The number of rotatable bonds is 11. The molecule has 0 atom stereocenters. The highest BCUT2D eigenvalue weighted by Gasteiger charge is 2.11. The van der Waals surface area contributed by atoms with Gasteiger partial charge in [-0.1, -0.05) is 13.8 Å². The predicted octanol–water partition coefficient (Wildman–Crippen LogP) is 1.73. The SMILES string of the molecule is CCN(CC)CCCN(CC)C(=O)CCCCO. The van der Waals surface area contributed by atoms with Crippen molar-refractivity contribution < 1.29 is 9.90 Å². The lowest BCUT2D eigenvalue weighted by Crippen LogP contribution is -2.34. The molecule has 0 aromatic rings. The van der Waals surface area contributed by atoms with Gasteiger partial charge in [-0.15, -0.1) is 0 Å². The first-order valence-electron chi connectivity index (χ1n) is 7.30. The number of amides is 1. The lowest BCUT2D eigenvalue weighted by molar-refractivity contribution is -0.131. The monoisotopic (exact) mass is 258 g/mol. The quantitative estimate of drug-likeness (QED) is 0.574. The summed E-state index contributed by atoms with van der Waals surface area (Å²) in [6.45, 7) is 11.4. The van der Waals surface area contributed by atoms with Crippen LogP contribution < -0.4 is 0 Å². The number of unbranched alkanes of at least 4 members (excludes halogenated alkanes) is 1. The first-order chi connectivity index (χ1) is 8.69. The zero-order valence-electron chi connectivity index (χ0n) is 12.3. The van der Waals surface area contributed by atoms with E-state index in [1.165, 1.54) is 0 Å². The van der Waals surface area contributed by atoms with Crippen molar-refractivity contribution in [2.45, 2.75) is 46.5 Å². The molecular weight excluding hydrogens is 228 g/mol. The van der Waals surface area contributed by atoms with Crippen molar-refractivity contribution >= 4 is 5.91 Å². The Morgan fingerprint density at radius 1 is 0.944 bits per heavy atom. The highest BCUT2D eigenvalue weighted by Crippen LogP contribution is 2.02. The van der Waals surface area contributed by atoms with E-state index < -0.39 is 0 Å². The number of nitrogens with zero attached hydrogens (tertiary/aromatic N) is 2. The summed E-state index contributed by atoms with van der Waals surface area (Å²) in [6.07, 6.45) is 3.13. The topological polar surface area (TPSA) is 43.8 Å². The van der Waals surface area contributed by atoms with E-state index in [0.29, 0.717) is 6.42 Å². The Balaban J connectivity index is 3.84. The van der Waals surface area contributed by atoms with Crippen LogP contribution in [0.3, 0.4) is 0 Å². The van der Waals surface area contributed by atoms with Gasteiger partial charge >= 0.3 is 0 Å². The fraction of sp³-hybridized carbons (Fsp3) is 0.929. The highest BCUT2D eigenvalue weighted by atomic mass is 16.3. The molecule has 0 aliphatic rings. The van der Waals surface area contributed by atoms with Crippen molar-refractivity contribution in [1.82, 2.24) is 9.80 Å². The van der Waals surface area contributed by atoms with Crippen LogP contribution in [0.25, 0.3) is 0 Å². The average molecular weight is 258 g/mol. The molecule has 1 N–H and O–H groups in total. The Morgan fingerprint density at radius 2 is 1.61 bits per heavy atom. The molecule has 0 aliphatic carbocycles. The van der Waals surface area contributed by atoms with Crippen molar-refractivity contribution in [1.29, 1.82) is 0 Å². The average Bonchev–Trinajstić information content (AvgIpc) is 2.39. The lowest BCUT2D eigenvalue weighted by Gasteiger charge is -2.23. The van der Waals surface area contributed by atoms with E-state index in [9.17, 15) is 4.79 Å². The molecule has 0 bridgehead atoms. The third-order valence-electron chi connectivity index (χ3n) is 3.33. The Kier molecular flexibility index (Phi) is 11.1. The third-order valence-corrected chi connectivity index (χ3v) is 3.33. The van der Waals surface area contributed by atoms with Crippen molar-refractivity contribution in [3.8, 4) is 0 Å². The molecule has 0 fully saturated rings. The van der Waals surface area contributed by atoms with E-state index in [1.807, 2.05) is 11.8 Å². The molecule has 0 aromatic carbocycles. The van der Waals surface area contributed by atoms with Gasteiger partial charge in [-0.25, -0.2) is 0 Å². The molecule has 0 saturated heterocycles. The van der Waals surface area contributed by atoms with Gasteiger partial charge in [-0.2, -0.15) is 0 Å². The van der Waals surface area contributed by atoms with Gasteiger partial charge in [0, 0.05) is 26.1 Å². The van der Waals surface area contributed by atoms with Gasteiger partial charge in [-0.05, 0) is 45.8 Å². The normalized spacial score (nSPS) is 10.9. The van der Waals surface area contributed by atoms with E-state index in [2.05, 4.69) is 18.7 Å². The zero-order valence-corrected chi connectivity index (χ0v) is 12.3. The number of hydrogen-bond acceptors (Lipinski definition) is 3. The summed E-state index contributed by atoms with van der Waals surface area (Å²) < 4.78 is 0. The first kappa shape index (κ1) is 17.4. The molecule has 0 rings (SSSR count). The fourth-order valence-electron chi connectivity index (χ4n) is 2.03. The minimum atomic E-state index is 0.182. The van der Waals surface area contributed by atoms with E-state index in [4.69, 9.17) is 5.11 Å². The lowest BCUT2D eigenvalue weighted by atomic mass is 10.2. The van der Waals surface area contributed by atoms with Gasteiger partial charge < -0.3 is 14.9 Å². The van der Waals surface area contributed by atoms with Crippen molar-refractivity contribution in [2.75, 3.05) is 39.3 Å². The molecule has 1 amide bonds. The molecule has 0 saturated carbocycles. The minimum absolute atomic E-state index is 0.182. The van der Waals surface area contributed by atoms with Crippen LogP contribution >= 0.6 is 0 Å². The summed E-state index contributed by atoms with van der Waals surface area (Å²) in [5, 5.41) is 8.70. The molecule has 0 radical (unpaired) electrons. The van der Waals surface area contributed by atoms with Crippen LogP contribution in [0.1, 0.15) is 46.5 Å². The van der Waals surface area contributed by atoms with Crippen LogP contribution in [-0.2, 0) is 4.79 Å². The second kappa shape index (κ2) is 11.5. The summed E-state index contributed by atoms with van der Waals surface area (Å²) in [4.78, 5) is 16.2. The molecule has 0 spiro atoms. The van der Waals surface area contributed by atoms with Crippen molar-refractivity contribution in [3.05, 3.63) is 0 Å². The van der Waals surface area contributed by atoms with Crippen LogP contribution in [0.4, 0.5) is 0 Å². The van der Waals surface area contributed by atoms with Crippen LogP contribution in [0.2, 0.25) is 0 Å². The predicted molar refractivity (Wildman–Crippen MR) is 75.6 cm³/mol. The standard InChI is InChI=1S/C14H30N2O2/c1-4-15(5-2)11-9-12-16(6-3)14(18)10-7-8-13-17/h17H,4-13H2,1-3H3. The summed E-state index contributed by atoms with van der Waals surface area (Å²) in [6, 6.07) is 0. The number of hydrogen-bond donors (Lipinski definition) is 1. The Morgan fingerprint density at radius 3 is 2.11 bits per heavy atom. The third kappa shape index (κ3) is 7.67. The van der Waals surface area contributed by atoms with E-state index >= 15 is 0 Å². The maximum Gasteiger partial charge on any atom is 0.222 e. The summed E-state index contributed by atoms with van der Waals surface area (Å²) in [7, 11) is 0. The fourth-order valence-corrected chi connectivity index (χ4v) is 2.03. The van der Waals surface area contributed by atoms with Gasteiger partial charge in [0.15, 0.2) is 0 Å². The van der Waals surface area contributed by atoms with Gasteiger partial charge in [0.25, 0.3) is 0 Å². The number of carbonyl (C=O) groups excluding carboxylic acids is 1. The van der Waals surface area contributed by atoms with Gasteiger partial charge in [0.1, 0.15) is 0 Å². The minimum Gasteiger partial charge on any atom is -0.396 e. The summed E-state index contributed by atoms with van der Waals surface area (Å²) >= 11 is 0. The molecule has 4 nitrogen and oxygen atoms in total. The van der Waals surface area contributed by atoms with Crippen molar-refractivity contribution in [3.63, 3.8) is 0 Å². The Labute approximate surface area is 112 Å². The first-order valence-corrected chi connectivity index (χ1v) is 7.30. The van der Waals surface area contributed by atoms with Gasteiger partial charge in [0.2, 0.25) is 5.91 Å². The van der Waals surface area contributed by atoms with Crippen molar-refractivity contribution in [2.24, 2.45) is 0 Å². The maximum atomic E-state index is 11.9. The van der Waals surface area contributed by atoms with Crippen LogP contribution in [-0.4, -0.2) is 60.1 Å². The molecule has 0 heterocycles. The molecule has 0 aromatic heterocycles. The van der Waals surface area contributed by atoms with E-state index in [1.54, 1.807) is 0 Å². The molecule has 4 heteroatoms. The van der Waals surface area contributed by atoms with Gasteiger partial charge in [0.05, 0.1) is 0 Å². The smallest absolute Gasteiger partial charge is 0.222 e. The highest BCUT2D eigenvalue weighted by molar-refractivity contribution is 5.76. The second-order valence-corrected chi connectivity index (χ2v) is 4.53. The van der Waals surface area contributed by atoms with Crippen LogP contribution in [0, 0.1) is 0 Å². The molecule has 18 heavy (non-hydrogen) atoms. The Bertz CT molecular complexity index is 206. The zero-order chi connectivity index (χ0) is 13.8. The van der Waals surface area contributed by atoms with E-state index in [0.717, 1.165) is 52.0 Å². The molecule has 108 valence electrons. The summed E-state index contributed by atoms with van der Waals surface area (Å²) in [5.41, 5.74) is 0. The van der Waals surface area contributed by atoms with E-state index in [-0.39, 0.29) is 12.5 Å². The Hall–Kier alpha value is -0.610. The number of aliphatic hydroxyl groups excluding tert-OH is 1. The molecule has 0 unspecified atom stereocenters.